The number of rotatable bonds is 3. The quantitative estimate of drug-likeness (QED) is 0.874. The van der Waals surface area contributed by atoms with Crippen LogP contribution in [-0.4, -0.2) is 53.4 Å². The number of pyridine rings is 1. The second-order valence-electron chi connectivity index (χ2n) is 5.88. The predicted molar refractivity (Wildman–Crippen MR) is 88.7 cm³/mol. The Morgan fingerprint density at radius 1 is 1.17 bits per heavy atom. The van der Waals surface area contributed by atoms with Crippen molar-refractivity contribution in [1.82, 2.24) is 14.8 Å². The molecule has 1 atom stereocenters. The molecule has 23 heavy (non-hydrogen) atoms. The van der Waals surface area contributed by atoms with Gasteiger partial charge in [-0.2, -0.15) is 0 Å². The number of hydrogen-bond donors (Lipinski definition) is 0. The van der Waals surface area contributed by atoms with Crippen LogP contribution in [0.2, 0.25) is 0 Å². The first-order valence-corrected chi connectivity index (χ1v) is 7.82. The molecule has 1 aromatic heterocycles. The summed E-state index contributed by atoms with van der Waals surface area (Å²) < 4.78 is 5.81. The van der Waals surface area contributed by atoms with Crippen LogP contribution >= 0.6 is 0 Å². The van der Waals surface area contributed by atoms with Crippen molar-refractivity contribution in [3.05, 3.63) is 54.2 Å². The van der Waals surface area contributed by atoms with Crippen LogP contribution in [0.3, 0.4) is 0 Å². The van der Waals surface area contributed by atoms with E-state index in [1.807, 2.05) is 35.2 Å². The Kier molecular flexibility index (Phi) is 4.57. The number of piperazine rings is 1. The molecule has 0 radical (unpaired) electrons. The highest BCUT2D eigenvalue weighted by Gasteiger charge is 2.28. The van der Waals surface area contributed by atoms with Gasteiger partial charge in [0.25, 0.3) is 5.91 Å². The highest BCUT2D eigenvalue weighted by molar-refractivity contribution is 5.96. The van der Waals surface area contributed by atoms with Crippen LogP contribution in [0.4, 0.5) is 0 Å². The van der Waals surface area contributed by atoms with Gasteiger partial charge in [-0.25, -0.2) is 4.98 Å². The van der Waals surface area contributed by atoms with Gasteiger partial charge in [-0.3, -0.25) is 4.79 Å². The van der Waals surface area contributed by atoms with Gasteiger partial charge in [-0.1, -0.05) is 18.2 Å². The lowest BCUT2D eigenvalue weighted by Crippen LogP contribution is -2.52. The SMILES string of the molecule is C[C@@H]1CN(C)CCN1C(=O)c1cccnc1Oc1ccccc1. The Morgan fingerprint density at radius 3 is 2.70 bits per heavy atom. The van der Waals surface area contributed by atoms with E-state index >= 15 is 0 Å². The first-order chi connectivity index (χ1) is 11.1. The molecular weight excluding hydrogens is 290 g/mol. The summed E-state index contributed by atoms with van der Waals surface area (Å²) in [7, 11) is 2.08. The molecule has 2 aromatic rings. The largest absolute Gasteiger partial charge is 0.438 e. The number of benzene rings is 1. The van der Waals surface area contributed by atoms with Crippen LogP contribution in [0.15, 0.2) is 48.7 Å². The molecule has 0 spiro atoms. The third-order valence-electron chi connectivity index (χ3n) is 4.05. The second kappa shape index (κ2) is 6.79. The summed E-state index contributed by atoms with van der Waals surface area (Å²) in [4.78, 5) is 21.3. The molecule has 0 N–H and O–H groups in total. The summed E-state index contributed by atoms with van der Waals surface area (Å²) in [6.07, 6.45) is 1.64. The zero-order valence-electron chi connectivity index (χ0n) is 13.5. The maximum atomic E-state index is 12.9. The molecule has 3 rings (SSSR count). The van der Waals surface area contributed by atoms with Gasteiger partial charge >= 0.3 is 0 Å². The van der Waals surface area contributed by atoms with Gasteiger partial charge in [-0.05, 0) is 38.2 Å². The van der Waals surface area contributed by atoms with Crippen molar-refractivity contribution >= 4 is 5.91 Å². The van der Waals surface area contributed by atoms with Gasteiger partial charge in [0.15, 0.2) is 0 Å². The average molecular weight is 311 g/mol. The monoisotopic (exact) mass is 311 g/mol. The van der Waals surface area contributed by atoms with Crippen LogP contribution in [0.5, 0.6) is 11.6 Å². The molecule has 1 aliphatic rings. The Labute approximate surface area is 136 Å². The Balaban J connectivity index is 1.84. The van der Waals surface area contributed by atoms with Crippen LogP contribution < -0.4 is 4.74 Å². The first kappa shape index (κ1) is 15.5. The fourth-order valence-corrected chi connectivity index (χ4v) is 2.83. The summed E-state index contributed by atoms with van der Waals surface area (Å²) in [6, 6.07) is 13.1. The van der Waals surface area contributed by atoms with Crippen molar-refractivity contribution in [2.24, 2.45) is 0 Å². The van der Waals surface area contributed by atoms with E-state index < -0.39 is 0 Å². The number of aromatic nitrogens is 1. The Bertz CT molecular complexity index is 675. The smallest absolute Gasteiger partial charge is 0.259 e. The molecule has 1 aliphatic heterocycles. The molecule has 5 heteroatoms. The molecule has 1 saturated heterocycles. The number of carbonyl (C=O) groups excluding carboxylic acids is 1. The molecule has 0 bridgehead atoms. The zero-order chi connectivity index (χ0) is 16.2. The fraction of sp³-hybridized carbons (Fsp3) is 0.333. The normalized spacial score (nSPS) is 18.7. The lowest BCUT2D eigenvalue weighted by Gasteiger charge is -2.38. The zero-order valence-corrected chi connectivity index (χ0v) is 13.5. The second-order valence-corrected chi connectivity index (χ2v) is 5.88. The van der Waals surface area contributed by atoms with Gasteiger partial charge in [0, 0.05) is 31.9 Å². The fourth-order valence-electron chi connectivity index (χ4n) is 2.83. The van der Waals surface area contributed by atoms with Crippen molar-refractivity contribution in [3.63, 3.8) is 0 Å². The molecule has 0 aliphatic carbocycles. The number of likely N-dealkylation sites (N-methyl/N-ethyl adjacent to an activating group) is 1. The summed E-state index contributed by atoms with van der Waals surface area (Å²) in [6.45, 7) is 4.55. The average Bonchev–Trinajstić information content (AvgIpc) is 2.56. The number of amides is 1. The van der Waals surface area contributed by atoms with Crippen LogP contribution in [0.25, 0.3) is 0 Å². The standard InChI is InChI=1S/C18H21N3O2/c1-14-13-20(2)11-12-21(14)18(22)16-9-6-10-19-17(16)23-15-7-4-3-5-8-15/h3-10,14H,11-13H2,1-2H3/t14-/m1/s1. The molecule has 2 heterocycles. The number of ether oxygens (including phenoxy) is 1. The minimum Gasteiger partial charge on any atom is -0.438 e. The molecular formula is C18H21N3O2. The molecule has 1 aromatic carbocycles. The molecule has 5 nitrogen and oxygen atoms in total. The topological polar surface area (TPSA) is 45.7 Å². The minimum atomic E-state index is -0.0235. The van der Waals surface area contributed by atoms with Crippen molar-refractivity contribution < 1.29 is 9.53 Å². The summed E-state index contributed by atoms with van der Waals surface area (Å²) >= 11 is 0. The van der Waals surface area contributed by atoms with E-state index in [0.29, 0.717) is 17.2 Å². The van der Waals surface area contributed by atoms with E-state index in [4.69, 9.17) is 4.74 Å². The third-order valence-corrected chi connectivity index (χ3v) is 4.05. The maximum absolute atomic E-state index is 12.9. The number of carbonyl (C=O) groups is 1. The van der Waals surface area contributed by atoms with E-state index in [9.17, 15) is 4.79 Å². The Hall–Kier alpha value is -2.40. The molecule has 0 unspecified atom stereocenters. The van der Waals surface area contributed by atoms with E-state index in [1.54, 1.807) is 18.3 Å². The van der Waals surface area contributed by atoms with Crippen molar-refractivity contribution in [2.75, 3.05) is 26.7 Å². The lowest BCUT2D eigenvalue weighted by molar-refractivity contribution is 0.0530. The van der Waals surface area contributed by atoms with Crippen molar-refractivity contribution in [1.29, 1.82) is 0 Å². The van der Waals surface area contributed by atoms with Gasteiger partial charge in [0.05, 0.1) is 0 Å². The summed E-state index contributed by atoms with van der Waals surface area (Å²) in [5.74, 6) is 1.01. The van der Waals surface area contributed by atoms with E-state index in [1.165, 1.54) is 0 Å². The van der Waals surface area contributed by atoms with E-state index in [0.717, 1.165) is 19.6 Å². The molecule has 0 saturated carbocycles. The number of nitrogens with zero attached hydrogens (tertiary/aromatic N) is 3. The molecule has 120 valence electrons. The van der Waals surface area contributed by atoms with Gasteiger partial charge in [0.2, 0.25) is 5.88 Å². The predicted octanol–water partition coefficient (Wildman–Crippen LogP) is 2.65. The Morgan fingerprint density at radius 2 is 1.96 bits per heavy atom. The first-order valence-electron chi connectivity index (χ1n) is 7.82. The van der Waals surface area contributed by atoms with Crippen LogP contribution in [-0.2, 0) is 0 Å². The highest BCUT2D eigenvalue weighted by Crippen LogP contribution is 2.24. The molecule has 1 amide bonds. The lowest BCUT2D eigenvalue weighted by atomic mass is 10.1. The van der Waals surface area contributed by atoms with Crippen molar-refractivity contribution in [3.8, 4) is 11.6 Å². The maximum Gasteiger partial charge on any atom is 0.259 e. The van der Waals surface area contributed by atoms with Gasteiger partial charge < -0.3 is 14.5 Å². The van der Waals surface area contributed by atoms with Gasteiger partial charge in [0.1, 0.15) is 11.3 Å². The third kappa shape index (κ3) is 3.51. The number of para-hydroxylation sites is 1. The summed E-state index contributed by atoms with van der Waals surface area (Å²) in [5, 5.41) is 0. The summed E-state index contributed by atoms with van der Waals surface area (Å²) in [5.41, 5.74) is 0.507. The minimum absolute atomic E-state index is 0.0235. The van der Waals surface area contributed by atoms with E-state index in [2.05, 4.69) is 23.9 Å². The van der Waals surface area contributed by atoms with Crippen molar-refractivity contribution in [2.45, 2.75) is 13.0 Å². The highest BCUT2D eigenvalue weighted by atomic mass is 16.5. The van der Waals surface area contributed by atoms with Crippen LogP contribution in [0.1, 0.15) is 17.3 Å². The van der Waals surface area contributed by atoms with E-state index in [-0.39, 0.29) is 11.9 Å². The number of hydrogen-bond acceptors (Lipinski definition) is 4. The van der Waals surface area contributed by atoms with Crippen LogP contribution in [0, 0.1) is 0 Å². The van der Waals surface area contributed by atoms with Gasteiger partial charge in [-0.15, -0.1) is 0 Å². The molecule has 1 fully saturated rings.